The van der Waals surface area contributed by atoms with Crippen molar-refractivity contribution < 1.29 is 0 Å². The number of nitrogens with zero attached hydrogens (tertiary/aromatic N) is 5. The molecule has 0 aliphatic carbocycles. The first-order valence-electron chi connectivity index (χ1n) is 10.4. The van der Waals surface area contributed by atoms with Gasteiger partial charge in [0.25, 0.3) is 0 Å². The maximum atomic E-state index is 13.5. The van der Waals surface area contributed by atoms with Gasteiger partial charge in [-0.05, 0) is 36.8 Å². The van der Waals surface area contributed by atoms with E-state index in [-0.39, 0.29) is 5.69 Å². The van der Waals surface area contributed by atoms with Gasteiger partial charge < -0.3 is 4.57 Å². The molecule has 5 rings (SSSR count). The van der Waals surface area contributed by atoms with Crippen molar-refractivity contribution in [1.29, 1.82) is 0 Å². The lowest BCUT2D eigenvalue weighted by atomic mass is 10.2. The zero-order valence-corrected chi connectivity index (χ0v) is 18.7. The number of hydrogen-bond donors (Lipinski definition) is 0. The van der Waals surface area contributed by atoms with Gasteiger partial charge in [0.2, 0.25) is 0 Å². The Kier molecular flexibility index (Phi) is 5.38. The Hall–Kier alpha value is -2.90. The van der Waals surface area contributed by atoms with E-state index in [2.05, 4.69) is 33.6 Å². The molecule has 0 saturated heterocycles. The number of aromatic nitrogens is 5. The van der Waals surface area contributed by atoms with E-state index in [9.17, 15) is 4.79 Å². The maximum absolute atomic E-state index is 13.5. The molecular formula is C23H22ClN5OS. The number of pyridine rings is 1. The number of fused-ring (bicyclic) bond motifs is 2. The molecule has 4 heterocycles. The van der Waals surface area contributed by atoms with Crippen LogP contribution in [0.2, 0.25) is 5.02 Å². The molecule has 8 heteroatoms. The highest BCUT2D eigenvalue weighted by molar-refractivity contribution is 7.12. The van der Waals surface area contributed by atoms with E-state index < -0.39 is 0 Å². The van der Waals surface area contributed by atoms with Crippen molar-refractivity contribution >= 4 is 44.9 Å². The van der Waals surface area contributed by atoms with Crippen LogP contribution < -0.4 is 5.69 Å². The highest BCUT2D eigenvalue weighted by Crippen LogP contribution is 2.26. The van der Waals surface area contributed by atoms with Crippen molar-refractivity contribution in [3.63, 3.8) is 0 Å². The summed E-state index contributed by atoms with van der Waals surface area (Å²) in [5.74, 6) is 0. The monoisotopic (exact) mass is 451 g/mol. The summed E-state index contributed by atoms with van der Waals surface area (Å²) in [6.07, 6.45) is 8.59. The summed E-state index contributed by atoms with van der Waals surface area (Å²) in [7, 11) is 0. The number of thiazole rings is 1. The Bertz CT molecular complexity index is 1410. The Morgan fingerprint density at radius 2 is 1.94 bits per heavy atom. The highest BCUT2D eigenvalue weighted by atomic mass is 35.5. The molecule has 158 valence electrons. The maximum Gasteiger partial charge on any atom is 0.335 e. The number of imidazole rings is 1. The van der Waals surface area contributed by atoms with E-state index in [0.29, 0.717) is 16.7 Å². The van der Waals surface area contributed by atoms with Crippen LogP contribution in [0, 0.1) is 0 Å². The fourth-order valence-corrected chi connectivity index (χ4v) is 4.97. The normalized spacial score (nSPS) is 11.7. The molecule has 0 N–H and O–H groups in total. The molecule has 1 aromatic carbocycles. The molecule has 0 aliphatic rings. The lowest BCUT2D eigenvalue weighted by molar-refractivity contribution is 0.586. The van der Waals surface area contributed by atoms with Crippen LogP contribution in [0.1, 0.15) is 31.9 Å². The quantitative estimate of drug-likeness (QED) is 0.307. The zero-order chi connectivity index (χ0) is 21.4. The van der Waals surface area contributed by atoms with Gasteiger partial charge in [0.15, 0.2) is 5.13 Å². The number of rotatable bonds is 7. The van der Waals surface area contributed by atoms with Crippen LogP contribution in [0.15, 0.2) is 59.1 Å². The van der Waals surface area contributed by atoms with Crippen molar-refractivity contribution in [2.45, 2.75) is 39.3 Å². The molecule has 0 spiro atoms. The molecule has 0 atom stereocenters. The van der Waals surface area contributed by atoms with Crippen molar-refractivity contribution in [2.24, 2.45) is 0 Å². The van der Waals surface area contributed by atoms with Crippen LogP contribution in [0.5, 0.6) is 0 Å². The minimum atomic E-state index is -0.110. The molecule has 0 bridgehead atoms. The first-order valence-corrected chi connectivity index (χ1v) is 11.7. The smallest absolute Gasteiger partial charge is 0.335 e. The lowest BCUT2D eigenvalue weighted by Crippen LogP contribution is -2.24. The van der Waals surface area contributed by atoms with Crippen LogP contribution in [0.3, 0.4) is 0 Å². The van der Waals surface area contributed by atoms with Crippen molar-refractivity contribution in [1.82, 2.24) is 23.7 Å². The van der Waals surface area contributed by atoms with Gasteiger partial charge in [-0.1, -0.05) is 31.4 Å². The Balaban J connectivity index is 1.66. The molecule has 5 aromatic rings. The van der Waals surface area contributed by atoms with E-state index in [1.807, 2.05) is 23.6 Å². The van der Waals surface area contributed by atoms with E-state index in [1.165, 1.54) is 17.8 Å². The van der Waals surface area contributed by atoms with Crippen LogP contribution in [-0.2, 0) is 13.1 Å². The average Bonchev–Trinajstić information content (AvgIpc) is 3.46. The van der Waals surface area contributed by atoms with Gasteiger partial charge in [-0.15, -0.1) is 11.3 Å². The van der Waals surface area contributed by atoms with E-state index in [1.54, 1.807) is 27.7 Å². The van der Waals surface area contributed by atoms with Gasteiger partial charge in [-0.25, -0.2) is 14.3 Å². The topological polar surface area (TPSA) is 57.6 Å². The number of aryl methyl sites for hydroxylation is 1. The second-order valence-corrected chi connectivity index (χ2v) is 8.89. The van der Waals surface area contributed by atoms with Crippen molar-refractivity contribution in [3.8, 4) is 5.13 Å². The third kappa shape index (κ3) is 3.58. The first kappa shape index (κ1) is 20.0. The molecule has 0 saturated carbocycles. The van der Waals surface area contributed by atoms with Crippen LogP contribution in [0.4, 0.5) is 0 Å². The van der Waals surface area contributed by atoms with Crippen LogP contribution in [0.25, 0.3) is 27.1 Å². The van der Waals surface area contributed by atoms with Gasteiger partial charge in [-0.2, -0.15) is 0 Å². The number of hydrogen-bond acceptors (Lipinski definition) is 4. The summed E-state index contributed by atoms with van der Waals surface area (Å²) >= 11 is 7.69. The number of unbranched alkanes of at least 4 members (excludes halogenated alkanes) is 2. The fourth-order valence-electron chi connectivity index (χ4n) is 4.14. The molecule has 0 unspecified atom stereocenters. The van der Waals surface area contributed by atoms with Crippen molar-refractivity contribution in [2.75, 3.05) is 0 Å². The van der Waals surface area contributed by atoms with Crippen LogP contribution >= 0.6 is 22.9 Å². The van der Waals surface area contributed by atoms with Gasteiger partial charge >= 0.3 is 5.69 Å². The standard InChI is InChI=1S/C23H22ClN5OS/c1-2-3-4-10-27-18(13-16-12-17(24)5-6-19(16)27)15-28-21-14-25-8-7-20(21)29(23(28)30)22-26-9-11-31-22/h5-9,11-14H,2-4,10,15H2,1H3. The van der Waals surface area contributed by atoms with E-state index in [4.69, 9.17) is 11.6 Å². The Morgan fingerprint density at radius 3 is 2.74 bits per heavy atom. The number of benzene rings is 1. The Morgan fingerprint density at radius 1 is 1.03 bits per heavy atom. The summed E-state index contributed by atoms with van der Waals surface area (Å²) in [5.41, 5.74) is 3.72. The fraction of sp³-hybridized carbons (Fsp3) is 0.261. The molecule has 6 nitrogen and oxygen atoms in total. The number of halogens is 1. The zero-order valence-electron chi connectivity index (χ0n) is 17.2. The molecule has 0 radical (unpaired) electrons. The second kappa shape index (κ2) is 8.32. The largest absolute Gasteiger partial charge is 0.343 e. The Labute approximate surface area is 188 Å². The summed E-state index contributed by atoms with van der Waals surface area (Å²) in [4.78, 5) is 22.1. The first-order chi connectivity index (χ1) is 15.2. The summed E-state index contributed by atoms with van der Waals surface area (Å²) in [5, 5.41) is 4.34. The predicted octanol–water partition coefficient (Wildman–Crippen LogP) is 5.49. The average molecular weight is 452 g/mol. The summed E-state index contributed by atoms with van der Waals surface area (Å²) in [6.45, 7) is 3.57. The van der Waals surface area contributed by atoms with Crippen molar-refractivity contribution in [3.05, 3.63) is 75.5 Å². The van der Waals surface area contributed by atoms with E-state index >= 15 is 0 Å². The minimum Gasteiger partial charge on any atom is -0.343 e. The molecule has 0 amide bonds. The molecule has 31 heavy (non-hydrogen) atoms. The van der Waals surface area contributed by atoms with Gasteiger partial charge in [0, 0.05) is 45.9 Å². The third-order valence-corrected chi connectivity index (χ3v) is 6.59. The summed E-state index contributed by atoms with van der Waals surface area (Å²) in [6, 6.07) is 9.98. The lowest BCUT2D eigenvalue weighted by Gasteiger charge is -2.11. The SMILES string of the molecule is CCCCCn1c(Cn2c(=O)n(-c3nccs3)c3ccncc32)cc2cc(Cl)ccc21. The van der Waals surface area contributed by atoms with E-state index in [0.717, 1.165) is 47.0 Å². The second-order valence-electron chi connectivity index (χ2n) is 7.58. The van der Waals surface area contributed by atoms with Gasteiger partial charge in [0.05, 0.1) is 23.8 Å². The minimum absolute atomic E-state index is 0.110. The highest BCUT2D eigenvalue weighted by Gasteiger charge is 2.18. The molecule has 0 aliphatic heterocycles. The van der Waals surface area contributed by atoms with Gasteiger partial charge in [-0.3, -0.25) is 9.55 Å². The van der Waals surface area contributed by atoms with Crippen LogP contribution in [-0.4, -0.2) is 23.7 Å². The molecule has 0 fully saturated rings. The predicted molar refractivity (Wildman–Crippen MR) is 127 cm³/mol. The van der Waals surface area contributed by atoms with Gasteiger partial charge in [0.1, 0.15) is 0 Å². The third-order valence-electron chi connectivity index (χ3n) is 5.60. The summed E-state index contributed by atoms with van der Waals surface area (Å²) < 4.78 is 5.77. The molecule has 4 aromatic heterocycles. The molecular weight excluding hydrogens is 430 g/mol.